The van der Waals surface area contributed by atoms with Gasteiger partial charge in [-0.2, -0.15) is 11.8 Å². The maximum atomic E-state index is 11.7. The summed E-state index contributed by atoms with van der Waals surface area (Å²) in [5, 5.41) is 12.2. The molecule has 4 heteroatoms. The van der Waals surface area contributed by atoms with E-state index in [1.165, 1.54) is 0 Å². The van der Waals surface area contributed by atoms with Crippen LogP contribution < -0.4 is 5.32 Å². The number of carbonyl (C=O) groups excluding carboxylic acids is 1. The van der Waals surface area contributed by atoms with Crippen LogP contribution in [0.2, 0.25) is 0 Å². The molecule has 0 heterocycles. The van der Waals surface area contributed by atoms with Crippen molar-refractivity contribution in [3.8, 4) is 0 Å². The number of nitrogens with one attached hydrogen (secondary N) is 1. The minimum atomic E-state index is 0.0704. The first-order valence-corrected chi connectivity index (χ1v) is 7.75. The highest BCUT2D eigenvalue weighted by Gasteiger charge is 2.04. The smallest absolute Gasteiger partial charge is 0.224 e. The molecule has 3 nitrogen and oxygen atoms in total. The second kappa shape index (κ2) is 8.99. The molecule has 1 atom stereocenters. The zero-order valence-corrected chi connectivity index (χ0v) is 12.5. The summed E-state index contributed by atoms with van der Waals surface area (Å²) in [6.45, 7) is 4.35. The molecule has 0 aliphatic rings. The van der Waals surface area contributed by atoms with Gasteiger partial charge < -0.3 is 10.4 Å². The van der Waals surface area contributed by atoms with Crippen LogP contribution in [0.15, 0.2) is 24.3 Å². The molecule has 0 fully saturated rings. The molecule has 1 rings (SSSR count). The van der Waals surface area contributed by atoms with Crippen molar-refractivity contribution in [2.75, 3.05) is 17.7 Å². The van der Waals surface area contributed by atoms with E-state index in [-0.39, 0.29) is 12.5 Å². The van der Waals surface area contributed by atoms with Crippen LogP contribution in [-0.2, 0) is 4.79 Å². The van der Waals surface area contributed by atoms with Gasteiger partial charge in [0.05, 0.1) is 0 Å². The van der Waals surface area contributed by atoms with E-state index in [9.17, 15) is 4.79 Å². The summed E-state index contributed by atoms with van der Waals surface area (Å²) >= 11 is 1.81. The van der Waals surface area contributed by atoms with Gasteiger partial charge in [0, 0.05) is 24.0 Å². The van der Waals surface area contributed by atoms with E-state index in [4.69, 9.17) is 5.11 Å². The van der Waals surface area contributed by atoms with E-state index < -0.39 is 0 Å². The van der Waals surface area contributed by atoms with Crippen molar-refractivity contribution in [3.63, 3.8) is 0 Å². The number of thioether (sulfide) groups is 1. The zero-order chi connectivity index (χ0) is 14.1. The maximum absolute atomic E-state index is 11.7. The second-order valence-corrected chi connectivity index (χ2v) is 6.26. The number of carbonyl (C=O) groups is 1. The minimum Gasteiger partial charge on any atom is -0.396 e. The molecule has 1 unspecified atom stereocenters. The van der Waals surface area contributed by atoms with Gasteiger partial charge in [0.25, 0.3) is 0 Å². The molecule has 0 aromatic heterocycles. The monoisotopic (exact) mass is 281 g/mol. The van der Waals surface area contributed by atoms with Gasteiger partial charge in [-0.3, -0.25) is 4.79 Å². The Morgan fingerprint density at radius 2 is 2.26 bits per heavy atom. The van der Waals surface area contributed by atoms with Crippen molar-refractivity contribution < 1.29 is 9.90 Å². The lowest BCUT2D eigenvalue weighted by atomic mass is 10.2. The van der Waals surface area contributed by atoms with E-state index in [0.29, 0.717) is 11.7 Å². The molecular formula is C15H23NO2S. The van der Waals surface area contributed by atoms with Gasteiger partial charge in [0.2, 0.25) is 5.91 Å². The molecule has 106 valence electrons. The Morgan fingerprint density at radius 3 is 2.95 bits per heavy atom. The lowest BCUT2D eigenvalue weighted by Gasteiger charge is -2.09. The third-order valence-corrected chi connectivity index (χ3v) is 4.12. The number of anilines is 1. The molecule has 0 radical (unpaired) electrons. The number of hydrogen-bond donors (Lipinski definition) is 2. The van der Waals surface area contributed by atoms with Gasteiger partial charge in [-0.05, 0) is 43.2 Å². The van der Waals surface area contributed by atoms with Gasteiger partial charge >= 0.3 is 0 Å². The Morgan fingerprint density at radius 1 is 1.47 bits per heavy atom. The van der Waals surface area contributed by atoms with Gasteiger partial charge in [0.1, 0.15) is 0 Å². The van der Waals surface area contributed by atoms with Crippen molar-refractivity contribution in [3.05, 3.63) is 29.8 Å². The van der Waals surface area contributed by atoms with Crippen molar-refractivity contribution in [2.45, 2.75) is 38.4 Å². The summed E-state index contributed by atoms with van der Waals surface area (Å²) in [5.74, 6) is 1.03. The summed E-state index contributed by atoms with van der Waals surface area (Å²) in [6, 6.07) is 7.82. The number of aliphatic hydroxyl groups is 1. The van der Waals surface area contributed by atoms with E-state index in [0.717, 1.165) is 29.8 Å². The highest BCUT2D eigenvalue weighted by atomic mass is 32.2. The fourth-order valence-electron chi connectivity index (χ4n) is 1.73. The number of hydrogen-bond acceptors (Lipinski definition) is 3. The number of aryl methyl sites for hydroxylation is 1. The third kappa shape index (κ3) is 7.23. The first-order chi connectivity index (χ1) is 9.11. The van der Waals surface area contributed by atoms with Gasteiger partial charge in [-0.15, -0.1) is 0 Å². The molecular weight excluding hydrogens is 258 g/mol. The number of amides is 1. The average molecular weight is 281 g/mol. The summed E-state index contributed by atoms with van der Waals surface area (Å²) < 4.78 is 0. The molecule has 0 saturated heterocycles. The van der Waals surface area contributed by atoms with E-state index >= 15 is 0 Å². The molecule has 1 aromatic carbocycles. The molecule has 19 heavy (non-hydrogen) atoms. The van der Waals surface area contributed by atoms with Crippen molar-refractivity contribution in [1.82, 2.24) is 0 Å². The van der Waals surface area contributed by atoms with Crippen LogP contribution in [0.1, 0.15) is 31.7 Å². The Kier molecular flexibility index (Phi) is 7.60. The number of benzene rings is 1. The molecule has 0 aliphatic heterocycles. The Balaban J connectivity index is 2.18. The average Bonchev–Trinajstić information content (AvgIpc) is 2.35. The number of aliphatic hydroxyl groups excluding tert-OH is 1. The first kappa shape index (κ1) is 16.1. The van der Waals surface area contributed by atoms with Crippen LogP contribution in [-0.4, -0.2) is 28.6 Å². The van der Waals surface area contributed by atoms with E-state index in [1.807, 2.05) is 43.0 Å². The van der Waals surface area contributed by atoms with E-state index in [2.05, 4.69) is 12.2 Å². The zero-order valence-electron chi connectivity index (χ0n) is 11.7. The van der Waals surface area contributed by atoms with Crippen LogP contribution in [0.3, 0.4) is 0 Å². The fraction of sp³-hybridized carbons (Fsp3) is 0.533. The quantitative estimate of drug-likeness (QED) is 0.719. The Labute approximate surface area is 119 Å². The summed E-state index contributed by atoms with van der Waals surface area (Å²) in [6.07, 6.45) is 2.24. The Hall–Kier alpha value is -1.00. The fourth-order valence-corrected chi connectivity index (χ4v) is 2.71. The molecule has 0 spiro atoms. The van der Waals surface area contributed by atoms with Gasteiger partial charge in [0.15, 0.2) is 0 Å². The highest BCUT2D eigenvalue weighted by Crippen LogP contribution is 2.16. The molecule has 0 saturated carbocycles. The van der Waals surface area contributed by atoms with Crippen molar-refractivity contribution in [2.24, 2.45) is 0 Å². The lowest BCUT2D eigenvalue weighted by molar-refractivity contribution is -0.116. The lowest BCUT2D eigenvalue weighted by Crippen LogP contribution is -2.11. The predicted molar refractivity (Wildman–Crippen MR) is 82.7 cm³/mol. The molecule has 1 amide bonds. The van der Waals surface area contributed by atoms with Crippen LogP contribution in [0.5, 0.6) is 0 Å². The third-order valence-electron chi connectivity index (χ3n) is 2.79. The van der Waals surface area contributed by atoms with Crippen molar-refractivity contribution >= 4 is 23.4 Å². The molecule has 1 aromatic rings. The molecule has 0 aliphatic carbocycles. The predicted octanol–water partition coefficient (Wildman–Crippen LogP) is 3.22. The van der Waals surface area contributed by atoms with Crippen LogP contribution in [0, 0.1) is 6.92 Å². The summed E-state index contributed by atoms with van der Waals surface area (Å²) in [4.78, 5) is 11.7. The molecule has 2 N–H and O–H groups in total. The van der Waals surface area contributed by atoms with Crippen LogP contribution >= 0.6 is 11.8 Å². The van der Waals surface area contributed by atoms with Gasteiger partial charge in [-0.1, -0.05) is 19.1 Å². The highest BCUT2D eigenvalue weighted by molar-refractivity contribution is 7.99. The van der Waals surface area contributed by atoms with E-state index in [1.54, 1.807) is 0 Å². The number of rotatable bonds is 8. The van der Waals surface area contributed by atoms with Crippen molar-refractivity contribution in [1.29, 1.82) is 0 Å². The molecule has 0 bridgehead atoms. The summed E-state index contributed by atoms with van der Waals surface area (Å²) in [5.41, 5.74) is 2.01. The maximum Gasteiger partial charge on any atom is 0.224 e. The minimum absolute atomic E-state index is 0.0704. The summed E-state index contributed by atoms with van der Waals surface area (Å²) in [7, 11) is 0. The second-order valence-electron chi connectivity index (χ2n) is 4.71. The first-order valence-electron chi connectivity index (χ1n) is 6.71. The SMILES string of the molecule is Cc1cccc(NC(=O)CCCSC(C)CCO)c1. The van der Waals surface area contributed by atoms with Gasteiger partial charge in [-0.25, -0.2) is 0 Å². The largest absolute Gasteiger partial charge is 0.396 e. The topological polar surface area (TPSA) is 49.3 Å². The normalized spacial score (nSPS) is 12.2. The standard InChI is InChI=1S/C15H23NO2S/c1-12-5-3-6-14(11-12)16-15(18)7-4-10-19-13(2)8-9-17/h3,5-6,11,13,17H,4,7-10H2,1-2H3,(H,16,18). The Bertz CT molecular complexity index is 395. The van der Waals surface area contributed by atoms with Crippen LogP contribution in [0.25, 0.3) is 0 Å². The van der Waals surface area contributed by atoms with Crippen LogP contribution in [0.4, 0.5) is 5.69 Å².